The molecule has 1 aromatic carbocycles. The van der Waals surface area contributed by atoms with Gasteiger partial charge in [-0.3, -0.25) is 0 Å². The van der Waals surface area contributed by atoms with E-state index >= 15 is 0 Å². The van der Waals surface area contributed by atoms with Crippen molar-refractivity contribution in [2.45, 2.75) is 6.92 Å². The summed E-state index contributed by atoms with van der Waals surface area (Å²) in [7, 11) is 0. The maximum absolute atomic E-state index is 8.83. The zero-order chi connectivity index (χ0) is 6.85. The summed E-state index contributed by atoms with van der Waals surface area (Å²) in [6, 6.07) is 4.46. The number of halogens is 4. The second-order valence-electron chi connectivity index (χ2n) is 2.03. The first kappa shape index (κ1) is 29.3. The molecule has 0 aromatic heterocycles. The van der Waals surface area contributed by atoms with Crippen molar-refractivity contribution in [3.05, 3.63) is 23.8 Å². The van der Waals surface area contributed by atoms with E-state index in [2.05, 4.69) is 0 Å². The van der Waals surface area contributed by atoms with Gasteiger partial charge in [-0.2, -0.15) is 0 Å². The average Bonchev–Trinajstić information content (AvgIpc) is 1.59. The minimum atomic E-state index is 0. The molecule has 1 radical (unpaired) electrons. The summed E-state index contributed by atoms with van der Waals surface area (Å²) in [5, 5.41) is 17.7. The summed E-state index contributed by atoms with van der Waals surface area (Å²) in [5.41, 5.74) is 0.854. The van der Waals surface area contributed by atoms with Gasteiger partial charge in [0.2, 0.25) is 0 Å². The Balaban J connectivity index is -0.0000000540. The molecule has 0 aliphatic heterocycles. The van der Waals surface area contributed by atoms with Crippen molar-refractivity contribution < 1.29 is 64.5 Å². The molecule has 1 rings (SSSR count). The fourth-order valence-electron chi connectivity index (χ4n) is 0.743. The first-order valence-corrected chi connectivity index (χ1v) is 2.68. The molecule has 2 N–H and O–H groups in total. The van der Waals surface area contributed by atoms with Gasteiger partial charge in [-0.25, -0.2) is 0 Å². The van der Waals surface area contributed by atoms with Crippen LogP contribution in [0.25, 0.3) is 0 Å². The van der Waals surface area contributed by atoms with Gasteiger partial charge in [0.1, 0.15) is 11.5 Å². The molecule has 7 heteroatoms. The Morgan fingerprint density at radius 3 is 1.36 bits per heavy atom. The van der Waals surface area contributed by atoms with Crippen molar-refractivity contribution in [2.24, 2.45) is 0 Å². The molecule has 0 fully saturated rings. The summed E-state index contributed by atoms with van der Waals surface area (Å²) in [6.07, 6.45) is 0. The zero-order valence-electron chi connectivity index (χ0n) is 7.02. The number of hydrogen-bond donors (Lipinski definition) is 2. The van der Waals surface area contributed by atoms with E-state index in [1.807, 2.05) is 0 Å². The largest absolute Gasteiger partial charge is 3.00 e. The Morgan fingerprint density at radius 2 is 1.14 bits per heavy atom. The topological polar surface area (TPSA) is 40.5 Å². The smallest absolute Gasteiger partial charge is 1.00 e. The molecule has 0 bridgehead atoms. The average molecular weight is 323 g/mol. The maximum Gasteiger partial charge on any atom is 3.00 e. The number of hydrogen-bond acceptors (Lipinski definition) is 2. The molecular weight excluding hydrogens is 314 g/mol. The van der Waals surface area contributed by atoms with E-state index in [-0.39, 0.29) is 78.2 Å². The normalized spacial score (nSPS) is 6.07. The van der Waals surface area contributed by atoms with Crippen LogP contribution in [0.1, 0.15) is 5.56 Å². The number of benzene rings is 1. The van der Waals surface area contributed by atoms with Gasteiger partial charge in [0.25, 0.3) is 0 Å². The van der Waals surface area contributed by atoms with Crippen LogP contribution in [0.2, 0.25) is 0 Å². The predicted molar refractivity (Wildman–Crippen MR) is 41.8 cm³/mol. The Hall–Kier alpha value is 0.499. The third-order valence-electron chi connectivity index (χ3n) is 1.05. The van der Waals surface area contributed by atoms with E-state index in [0.29, 0.717) is 0 Å². The molecular formula is C7H9Cl4FeO2. The van der Waals surface area contributed by atoms with Crippen LogP contribution >= 0.6 is 12.4 Å². The molecule has 0 amide bonds. The van der Waals surface area contributed by atoms with Crippen molar-refractivity contribution >= 4 is 12.4 Å². The zero-order valence-corrected chi connectivity index (χ0v) is 11.2. The van der Waals surface area contributed by atoms with E-state index < -0.39 is 0 Å². The Bertz CT molecular complexity index is 184. The van der Waals surface area contributed by atoms with Gasteiger partial charge in [-0.1, -0.05) is 0 Å². The molecule has 2 nitrogen and oxygen atoms in total. The molecule has 0 spiro atoms. The monoisotopic (exact) mass is 321 g/mol. The fraction of sp³-hybridized carbons (Fsp3) is 0.143. The minimum absolute atomic E-state index is 0. The standard InChI is InChI=1S/C7H8O2.4ClH.Fe/c1-5-2-6(8)4-7(9)3-5;;;;;/h2-4,8-9H,1H3;4*1H;/q;;;;;+3/p-3. The molecule has 0 unspecified atom stereocenters. The Morgan fingerprint density at radius 1 is 0.857 bits per heavy atom. The van der Waals surface area contributed by atoms with Crippen molar-refractivity contribution in [3.63, 3.8) is 0 Å². The van der Waals surface area contributed by atoms with Crippen LogP contribution in [0.5, 0.6) is 11.5 Å². The summed E-state index contributed by atoms with van der Waals surface area (Å²) in [6.45, 7) is 1.80. The van der Waals surface area contributed by atoms with Crippen LogP contribution in [0.15, 0.2) is 18.2 Å². The molecule has 0 atom stereocenters. The quantitative estimate of drug-likeness (QED) is 0.466. The number of aryl methyl sites for hydroxylation is 1. The van der Waals surface area contributed by atoms with Gasteiger partial charge >= 0.3 is 17.1 Å². The fourth-order valence-corrected chi connectivity index (χ4v) is 0.743. The van der Waals surface area contributed by atoms with Crippen LogP contribution in [0.3, 0.4) is 0 Å². The van der Waals surface area contributed by atoms with Crippen molar-refractivity contribution in [1.29, 1.82) is 0 Å². The van der Waals surface area contributed by atoms with Gasteiger partial charge in [-0.05, 0) is 24.6 Å². The maximum atomic E-state index is 8.83. The molecule has 85 valence electrons. The second-order valence-corrected chi connectivity index (χ2v) is 2.03. The number of rotatable bonds is 0. The second kappa shape index (κ2) is 13.5. The van der Waals surface area contributed by atoms with Crippen LogP contribution in [0, 0.1) is 6.92 Å². The molecule has 0 saturated carbocycles. The van der Waals surface area contributed by atoms with Crippen LogP contribution in [-0.4, -0.2) is 10.2 Å². The van der Waals surface area contributed by atoms with Crippen molar-refractivity contribution in [1.82, 2.24) is 0 Å². The molecule has 0 aliphatic rings. The molecule has 0 aliphatic carbocycles. The summed E-state index contributed by atoms with van der Waals surface area (Å²) < 4.78 is 0. The molecule has 0 heterocycles. The van der Waals surface area contributed by atoms with Crippen molar-refractivity contribution in [2.75, 3.05) is 0 Å². The van der Waals surface area contributed by atoms with Gasteiger partial charge in [0, 0.05) is 6.07 Å². The molecule has 1 aromatic rings. The number of phenolic OH excluding ortho intramolecular Hbond substituents is 2. The van der Waals surface area contributed by atoms with Crippen LogP contribution < -0.4 is 37.2 Å². The van der Waals surface area contributed by atoms with Crippen molar-refractivity contribution in [3.8, 4) is 11.5 Å². The first-order valence-electron chi connectivity index (χ1n) is 2.68. The van der Waals surface area contributed by atoms with E-state index in [1.165, 1.54) is 6.07 Å². The van der Waals surface area contributed by atoms with E-state index in [1.54, 1.807) is 19.1 Å². The Labute approximate surface area is 119 Å². The van der Waals surface area contributed by atoms with E-state index in [0.717, 1.165) is 5.56 Å². The van der Waals surface area contributed by atoms with Crippen LogP contribution in [-0.2, 0) is 17.1 Å². The summed E-state index contributed by atoms with van der Waals surface area (Å²) in [4.78, 5) is 0. The van der Waals surface area contributed by atoms with Gasteiger partial charge in [0.15, 0.2) is 0 Å². The number of aromatic hydroxyl groups is 2. The number of phenols is 2. The third kappa shape index (κ3) is 10.6. The van der Waals surface area contributed by atoms with E-state index in [9.17, 15) is 0 Å². The van der Waals surface area contributed by atoms with E-state index in [4.69, 9.17) is 10.2 Å². The van der Waals surface area contributed by atoms with Gasteiger partial charge in [-0.15, -0.1) is 12.4 Å². The van der Waals surface area contributed by atoms with Gasteiger partial charge in [0.05, 0.1) is 0 Å². The minimum Gasteiger partial charge on any atom is -1.00 e. The third-order valence-corrected chi connectivity index (χ3v) is 1.05. The van der Waals surface area contributed by atoms with Crippen LogP contribution in [0.4, 0.5) is 0 Å². The Kier molecular flexibility index (Phi) is 28.2. The first-order chi connectivity index (χ1) is 4.18. The predicted octanol–water partition coefficient (Wildman–Crippen LogP) is -7.16. The molecule has 0 saturated heterocycles. The van der Waals surface area contributed by atoms with Gasteiger partial charge < -0.3 is 47.4 Å². The summed E-state index contributed by atoms with van der Waals surface area (Å²) in [5.74, 6) is 0.208. The molecule has 14 heavy (non-hydrogen) atoms. The summed E-state index contributed by atoms with van der Waals surface area (Å²) >= 11 is 0. The SMILES string of the molecule is Cc1cc(O)cc(O)c1.Cl.[Cl-].[Cl-].[Cl-].[Fe+3].